The summed E-state index contributed by atoms with van der Waals surface area (Å²) in [5.41, 5.74) is -0.662. The molecule has 0 radical (unpaired) electrons. The highest BCUT2D eigenvalue weighted by Crippen LogP contribution is 2.34. The summed E-state index contributed by atoms with van der Waals surface area (Å²) in [6, 6.07) is 3.07. The number of rotatable bonds is 2. The molecule has 0 spiro atoms. The molecular weight excluding hydrogens is 296 g/mol. The third-order valence-electron chi connectivity index (χ3n) is 1.83. The zero-order valence-corrected chi connectivity index (χ0v) is 9.70. The van der Waals surface area contributed by atoms with Gasteiger partial charge in [0.25, 0.3) is 0 Å². The molecule has 0 aromatic heterocycles. The minimum atomic E-state index is -4.42. The SMILES string of the molecule is O[C@@H](CCl)c1cc(C(F)(F)F)ccc1Br. The summed E-state index contributed by atoms with van der Waals surface area (Å²) in [7, 11) is 0. The number of halogens is 5. The molecule has 1 rings (SSSR count). The third kappa shape index (κ3) is 3.09. The van der Waals surface area contributed by atoms with Crippen molar-refractivity contribution in [1.82, 2.24) is 0 Å². The topological polar surface area (TPSA) is 20.2 Å². The normalized spacial score (nSPS) is 14.0. The van der Waals surface area contributed by atoms with E-state index in [2.05, 4.69) is 15.9 Å². The summed E-state index contributed by atoms with van der Waals surface area (Å²) < 4.78 is 37.4. The van der Waals surface area contributed by atoms with E-state index in [1.807, 2.05) is 0 Å². The standard InChI is InChI=1S/C9H7BrClF3O/c10-7-2-1-5(9(12,13)14)3-6(7)8(15)4-11/h1-3,8,15H,4H2/t8-/m0/s1. The van der Waals surface area contributed by atoms with Crippen molar-refractivity contribution in [3.63, 3.8) is 0 Å². The minimum absolute atomic E-state index is 0.139. The number of alkyl halides is 4. The Balaban J connectivity index is 3.17. The Morgan fingerprint density at radius 2 is 2.00 bits per heavy atom. The van der Waals surface area contributed by atoms with Crippen LogP contribution in [0.25, 0.3) is 0 Å². The Bertz CT molecular complexity index is 354. The van der Waals surface area contributed by atoms with Crippen LogP contribution in [0.1, 0.15) is 17.2 Å². The summed E-state index contributed by atoms with van der Waals surface area (Å²) in [5, 5.41) is 9.37. The smallest absolute Gasteiger partial charge is 0.387 e. The fourth-order valence-electron chi connectivity index (χ4n) is 1.06. The van der Waals surface area contributed by atoms with Crippen molar-refractivity contribution in [3.05, 3.63) is 33.8 Å². The van der Waals surface area contributed by atoms with Crippen LogP contribution >= 0.6 is 27.5 Å². The number of aliphatic hydroxyl groups is 1. The van der Waals surface area contributed by atoms with Gasteiger partial charge >= 0.3 is 6.18 Å². The summed E-state index contributed by atoms with van der Waals surface area (Å²) in [6.07, 6.45) is -5.52. The molecule has 1 nitrogen and oxygen atoms in total. The van der Waals surface area contributed by atoms with E-state index in [1.54, 1.807) is 0 Å². The largest absolute Gasteiger partial charge is 0.416 e. The fraction of sp³-hybridized carbons (Fsp3) is 0.333. The van der Waals surface area contributed by atoms with Crippen LogP contribution in [0.2, 0.25) is 0 Å². The highest BCUT2D eigenvalue weighted by atomic mass is 79.9. The molecule has 0 saturated heterocycles. The number of benzene rings is 1. The van der Waals surface area contributed by atoms with Gasteiger partial charge in [-0.05, 0) is 23.8 Å². The molecule has 0 aliphatic heterocycles. The molecule has 0 heterocycles. The molecule has 84 valence electrons. The molecule has 0 aliphatic carbocycles. The molecule has 0 bridgehead atoms. The van der Waals surface area contributed by atoms with Crippen LogP contribution in [0.5, 0.6) is 0 Å². The molecule has 0 amide bonds. The van der Waals surface area contributed by atoms with Crippen molar-refractivity contribution < 1.29 is 18.3 Å². The van der Waals surface area contributed by atoms with Gasteiger partial charge in [-0.15, -0.1) is 11.6 Å². The predicted molar refractivity (Wildman–Crippen MR) is 54.8 cm³/mol. The van der Waals surface area contributed by atoms with Gasteiger partial charge in [0.2, 0.25) is 0 Å². The first-order valence-corrected chi connectivity index (χ1v) is 5.29. The molecule has 1 aromatic carbocycles. The van der Waals surface area contributed by atoms with Crippen LogP contribution in [0.3, 0.4) is 0 Å². The maximum Gasteiger partial charge on any atom is 0.416 e. The molecule has 1 atom stereocenters. The van der Waals surface area contributed by atoms with Gasteiger partial charge in [0.15, 0.2) is 0 Å². The van der Waals surface area contributed by atoms with Crippen LogP contribution in [-0.2, 0) is 6.18 Å². The minimum Gasteiger partial charge on any atom is -0.387 e. The molecule has 0 fully saturated rings. The van der Waals surface area contributed by atoms with Gasteiger partial charge in [-0.3, -0.25) is 0 Å². The molecule has 6 heteroatoms. The lowest BCUT2D eigenvalue weighted by molar-refractivity contribution is -0.137. The van der Waals surface area contributed by atoms with Crippen LogP contribution < -0.4 is 0 Å². The molecule has 15 heavy (non-hydrogen) atoms. The molecular formula is C9H7BrClF3O. The van der Waals surface area contributed by atoms with Gasteiger partial charge in [-0.1, -0.05) is 15.9 Å². The van der Waals surface area contributed by atoms with E-state index in [4.69, 9.17) is 11.6 Å². The van der Waals surface area contributed by atoms with Gasteiger partial charge in [0.1, 0.15) is 0 Å². The van der Waals surface area contributed by atoms with E-state index in [9.17, 15) is 18.3 Å². The molecule has 0 unspecified atom stereocenters. The average Bonchev–Trinajstić information content (AvgIpc) is 2.15. The lowest BCUT2D eigenvalue weighted by Gasteiger charge is -2.13. The van der Waals surface area contributed by atoms with Gasteiger partial charge < -0.3 is 5.11 Å². The van der Waals surface area contributed by atoms with E-state index in [-0.39, 0.29) is 11.4 Å². The summed E-state index contributed by atoms with van der Waals surface area (Å²) in [5.74, 6) is -0.153. The lowest BCUT2D eigenvalue weighted by atomic mass is 10.1. The van der Waals surface area contributed by atoms with E-state index in [0.29, 0.717) is 4.47 Å². The number of hydrogen-bond donors (Lipinski definition) is 1. The number of aliphatic hydroxyl groups excluding tert-OH is 1. The van der Waals surface area contributed by atoms with Gasteiger partial charge in [-0.2, -0.15) is 13.2 Å². The van der Waals surface area contributed by atoms with E-state index in [0.717, 1.165) is 12.1 Å². The van der Waals surface area contributed by atoms with E-state index >= 15 is 0 Å². The first kappa shape index (κ1) is 12.8. The van der Waals surface area contributed by atoms with Crippen LogP contribution in [0, 0.1) is 0 Å². The Kier molecular flexibility index (Phi) is 4.03. The molecule has 0 aliphatic rings. The second kappa shape index (κ2) is 4.72. The molecule has 1 N–H and O–H groups in total. The summed E-state index contributed by atoms with van der Waals surface area (Å²) >= 11 is 8.43. The van der Waals surface area contributed by atoms with Crippen molar-refractivity contribution in [2.24, 2.45) is 0 Å². The maximum absolute atomic E-state index is 12.3. The maximum atomic E-state index is 12.3. The highest BCUT2D eigenvalue weighted by molar-refractivity contribution is 9.10. The average molecular weight is 304 g/mol. The first-order chi connectivity index (χ1) is 6.86. The van der Waals surface area contributed by atoms with Crippen LogP contribution in [0.15, 0.2) is 22.7 Å². The van der Waals surface area contributed by atoms with Crippen molar-refractivity contribution in [2.45, 2.75) is 12.3 Å². The van der Waals surface area contributed by atoms with Crippen molar-refractivity contribution >= 4 is 27.5 Å². The summed E-state index contributed by atoms with van der Waals surface area (Å²) in [4.78, 5) is 0. The highest BCUT2D eigenvalue weighted by Gasteiger charge is 2.31. The monoisotopic (exact) mass is 302 g/mol. The Hall–Kier alpha value is -0.260. The van der Waals surface area contributed by atoms with Crippen LogP contribution in [0.4, 0.5) is 13.2 Å². The Morgan fingerprint density at radius 1 is 1.40 bits per heavy atom. The zero-order valence-electron chi connectivity index (χ0n) is 7.35. The zero-order chi connectivity index (χ0) is 11.6. The molecule has 1 aromatic rings. The van der Waals surface area contributed by atoms with Gasteiger partial charge in [0.05, 0.1) is 17.5 Å². The third-order valence-corrected chi connectivity index (χ3v) is 2.84. The fourth-order valence-corrected chi connectivity index (χ4v) is 1.74. The Labute approximate surface area is 98.0 Å². The lowest BCUT2D eigenvalue weighted by Crippen LogP contribution is -2.08. The second-order valence-electron chi connectivity index (χ2n) is 2.90. The van der Waals surface area contributed by atoms with Crippen molar-refractivity contribution in [1.29, 1.82) is 0 Å². The van der Waals surface area contributed by atoms with Crippen molar-refractivity contribution in [2.75, 3.05) is 5.88 Å². The summed E-state index contributed by atoms with van der Waals surface area (Å²) in [6.45, 7) is 0. The van der Waals surface area contributed by atoms with E-state index < -0.39 is 17.8 Å². The van der Waals surface area contributed by atoms with Crippen LogP contribution in [-0.4, -0.2) is 11.0 Å². The second-order valence-corrected chi connectivity index (χ2v) is 4.07. The van der Waals surface area contributed by atoms with Gasteiger partial charge in [0, 0.05) is 4.47 Å². The predicted octanol–water partition coefficient (Wildman–Crippen LogP) is 3.74. The first-order valence-electron chi connectivity index (χ1n) is 3.97. The van der Waals surface area contributed by atoms with E-state index in [1.165, 1.54) is 6.07 Å². The Morgan fingerprint density at radius 3 is 2.47 bits per heavy atom. The molecule has 0 saturated carbocycles. The van der Waals surface area contributed by atoms with Crippen molar-refractivity contribution in [3.8, 4) is 0 Å². The quantitative estimate of drug-likeness (QED) is 0.825. The number of hydrogen-bond acceptors (Lipinski definition) is 1. The van der Waals surface area contributed by atoms with Gasteiger partial charge in [-0.25, -0.2) is 0 Å².